The summed E-state index contributed by atoms with van der Waals surface area (Å²) in [5.74, 6) is -1.67. The number of rotatable bonds is 7. The first-order valence-electron chi connectivity index (χ1n) is 8.18. The number of benzene rings is 2. The molecule has 2 rings (SSSR count). The zero-order chi connectivity index (χ0) is 20.8. The van der Waals surface area contributed by atoms with Gasteiger partial charge in [0.1, 0.15) is 0 Å². The van der Waals surface area contributed by atoms with Crippen molar-refractivity contribution in [3.8, 4) is 5.75 Å². The normalized spacial score (nSPS) is 11.2. The molecule has 9 nitrogen and oxygen atoms in total. The second-order valence-electron chi connectivity index (χ2n) is 5.82. The summed E-state index contributed by atoms with van der Waals surface area (Å²) in [6.45, 7) is 2.76. The van der Waals surface area contributed by atoms with Gasteiger partial charge in [0.2, 0.25) is 0 Å². The van der Waals surface area contributed by atoms with E-state index in [1.807, 2.05) is 0 Å². The number of ether oxygens (including phenoxy) is 2. The van der Waals surface area contributed by atoms with Crippen molar-refractivity contribution in [3.05, 3.63) is 63.7 Å². The molecule has 0 unspecified atom stereocenters. The topological polar surface area (TPSA) is 125 Å². The van der Waals surface area contributed by atoms with Gasteiger partial charge in [-0.1, -0.05) is 12.1 Å². The molecular weight excluding hydrogens is 368 g/mol. The summed E-state index contributed by atoms with van der Waals surface area (Å²) in [6, 6.07) is 9.90. The highest BCUT2D eigenvalue weighted by atomic mass is 16.6. The van der Waals surface area contributed by atoms with Crippen molar-refractivity contribution >= 4 is 29.0 Å². The molecule has 0 saturated heterocycles. The maximum absolute atomic E-state index is 12.2. The minimum Gasteiger partial charge on any atom is -0.490 e. The fraction of sp³-hybridized carbons (Fsp3) is 0.211. The van der Waals surface area contributed by atoms with Crippen LogP contribution in [0.4, 0.5) is 11.4 Å². The number of ketones is 1. The number of nitro benzene ring substituents is 1. The fourth-order valence-corrected chi connectivity index (χ4v) is 2.30. The van der Waals surface area contributed by atoms with E-state index in [1.165, 1.54) is 39.2 Å². The van der Waals surface area contributed by atoms with Crippen LogP contribution < -0.4 is 10.1 Å². The van der Waals surface area contributed by atoms with Crippen LogP contribution in [-0.2, 0) is 9.53 Å². The van der Waals surface area contributed by atoms with Gasteiger partial charge >= 0.3 is 11.7 Å². The predicted molar refractivity (Wildman–Crippen MR) is 99.6 cm³/mol. The minimum atomic E-state index is -1.17. The number of amides is 1. The highest BCUT2D eigenvalue weighted by Crippen LogP contribution is 2.28. The first-order valence-corrected chi connectivity index (χ1v) is 8.18. The van der Waals surface area contributed by atoms with E-state index >= 15 is 0 Å². The quantitative estimate of drug-likeness (QED) is 0.336. The van der Waals surface area contributed by atoms with Crippen molar-refractivity contribution in [2.45, 2.75) is 20.0 Å². The van der Waals surface area contributed by atoms with Gasteiger partial charge in [0.05, 0.1) is 17.6 Å². The van der Waals surface area contributed by atoms with Crippen LogP contribution in [0.25, 0.3) is 0 Å². The van der Waals surface area contributed by atoms with Crippen molar-refractivity contribution in [1.82, 2.24) is 0 Å². The van der Waals surface area contributed by atoms with Gasteiger partial charge in [0, 0.05) is 17.3 Å². The van der Waals surface area contributed by atoms with Crippen molar-refractivity contribution in [3.63, 3.8) is 0 Å². The maximum atomic E-state index is 12.2. The fourth-order valence-electron chi connectivity index (χ4n) is 2.30. The van der Waals surface area contributed by atoms with Crippen LogP contribution in [0.15, 0.2) is 42.5 Å². The Bertz CT molecular complexity index is 940. The smallest absolute Gasteiger partial charge is 0.339 e. The Morgan fingerprint density at radius 3 is 2.43 bits per heavy atom. The largest absolute Gasteiger partial charge is 0.490 e. The number of esters is 1. The lowest BCUT2D eigenvalue weighted by atomic mass is 10.1. The second kappa shape index (κ2) is 8.76. The molecule has 0 aliphatic heterocycles. The number of anilines is 1. The molecule has 146 valence electrons. The Morgan fingerprint density at radius 2 is 1.82 bits per heavy atom. The van der Waals surface area contributed by atoms with Gasteiger partial charge in [0.25, 0.3) is 5.91 Å². The predicted octanol–water partition coefficient (Wildman–Crippen LogP) is 2.99. The molecule has 28 heavy (non-hydrogen) atoms. The van der Waals surface area contributed by atoms with Crippen LogP contribution >= 0.6 is 0 Å². The van der Waals surface area contributed by atoms with Gasteiger partial charge in [-0.3, -0.25) is 19.7 Å². The number of carbonyl (C=O) groups is 3. The molecule has 0 aliphatic carbocycles. The Labute approximate surface area is 160 Å². The average Bonchev–Trinajstić information content (AvgIpc) is 2.67. The van der Waals surface area contributed by atoms with Gasteiger partial charge < -0.3 is 14.8 Å². The zero-order valence-electron chi connectivity index (χ0n) is 15.4. The number of Topliss-reactive ketones (excluding diaryl/α,β-unsaturated/α-hetero) is 1. The summed E-state index contributed by atoms with van der Waals surface area (Å²) in [5, 5.41) is 13.6. The van der Waals surface area contributed by atoms with Crippen LogP contribution in [0.2, 0.25) is 0 Å². The van der Waals surface area contributed by atoms with Crippen molar-refractivity contribution in [2.75, 3.05) is 12.4 Å². The molecule has 1 amide bonds. The van der Waals surface area contributed by atoms with Gasteiger partial charge in [-0.2, -0.15) is 0 Å². The summed E-state index contributed by atoms with van der Waals surface area (Å²) in [6.07, 6.45) is -1.17. The van der Waals surface area contributed by atoms with E-state index < -0.39 is 28.6 Å². The van der Waals surface area contributed by atoms with Gasteiger partial charge in [0.15, 0.2) is 17.6 Å². The molecule has 0 radical (unpaired) electrons. The number of methoxy groups -OCH3 is 1. The minimum absolute atomic E-state index is 0.00213. The zero-order valence-corrected chi connectivity index (χ0v) is 15.4. The molecule has 0 spiro atoms. The molecule has 9 heteroatoms. The number of nitrogens with zero attached hydrogens (tertiary/aromatic N) is 1. The SMILES string of the molecule is COc1ccc(C(=O)O[C@@H](C)C(=O)Nc2cccc(C(C)=O)c2)cc1[N+](=O)[O-]. The highest BCUT2D eigenvalue weighted by Gasteiger charge is 2.23. The molecule has 2 aromatic rings. The van der Waals surface area contributed by atoms with Gasteiger partial charge in [-0.25, -0.2) is 4.79 Å². The molecule has 0 heterocycles. The molecule has 0 fully saturated rings. The Kier molecular flexibility index (Phi) is 6.43. The van der Waals surface area contributed by atoms with Crippen LogP contribution in [0.3, 0.4) is 0 Å². The Balaban J connectivity index is 2.08. The summed E-state index contributed by atoms with van der Waals surface area (Å²) in [4.78, 5) is 46.2. The molecule has 0 saturated carbocycles. The average molecular weight is 386 g/mol. The van der Waals surface area contributed by atoms with E-state index in [1.54, 1.807) is 18.2 Å². The van der Waals surface area contributed by atoms with E-state index in [-0.39, 0.29) is 17.1 Å². The third-order valence-corrected chi connectivity index (χ3v) is 3.80. The lowest BCUT2D eigenvalue weighted by molar-refractivity contribution is -0.385. The van der Waals surface area contributed by atoms with E-state index in [0.29, 0.717) is 11.3 Å². The maximum Gasteiger partial charge on any atom is 0.339 e. The molecule has 1 atom stereocenters. The number of nitrogens with one attached hydrogen (secondary N) is 1. The first-order chi connectivity index (χ1) is 13.2. The molecule has 0 bridgehead atoms. The van der Waals surface area contributed by atoms with Crippen molar-refractivity contribution in [2.24, 2.45) is 0 Å². The second-order valence-corrected chi connectivity index (χ2v) is 5.82. The lowest BCUT2D eigenvalue weighted by Crippen LogP contribution is -2.30. The molecular formula is C19H18N2O7. The first kappa shape index (κ1) is 20.6. The van der Waals surface area contributed by atoms with Crippen LogP contribution in [-0.4, -0.2) is 35.8 Å². The molecule has 2 aromatic carbocycles. The number of carbonyl (C=O) groups excluding carboxylic acids is 3. The number of hydrogen-bond acceptors (Lipinski definition) is 7. The summed E-state index contributed by atoms with van der Waals surface area (Å²) < 4.78 is 9.95. The number of nitro groups is 1. The third-order valence-electron chi connectivity index (χ3n) is 3.80. The van der Waals surface area contributed by atoms with Gasteiger partial charge in [-0.15, -0.1) is 0 Å². The monoisotopic (exact) mass is 386 g/mol. The number of hydrogen-bond donors (Lipinski definition) is 1. The van der Waals surface area contributed by atoms with E-state index in [2.05, 4.69) is 5.32 Å². The summed E-state index contributed by atoms with van der Waals surface area (Å²) in [7, 11) is 1.27. The van der Waals surface area contributed by atoms with Crippen LogP contribution in [0.5, 0.6) is 5.75 Å². The van der Waals surface area contributed by atoms with E-state index in [4.69, 9.17) is 9.47 Å². The van der Waals surface area contributed by atoms with Crippen molar-refractivity contribution < 1.29 is 28.8 Å². The van der Waals surface area contributed by atoms with E-state index in [9.17, 15) is 24.5 Å². The molecule has 0 aromatic heterocycles. The van der Waals surface area contributed by atoms with Crippen LogP contribution in [0, 0.1) is 10.1 Å². The van der Waals surface area contributed by atoms with E-state index in [0.717, 1.165) is 6.07 Å². The Morgan fingerprint density at radius 1 is 1.11 bits per heavy atom. The highest BCUT2D eigenvalue weighted by molar-refractivity contribution is 5.99. The summed E-state index contributed by atoms with van der Waals surface area (Å²) in [5.41, 5.74) is 0.314. The van der Waals surface area contributed by atoms with Crippen LogP contribution in [0.1, 0.15) is 34.6 Å². The summed E-state index contributed by atoms with van der Waals surface area (Å²) >= 11 is 0. The van der Waals surface area contributed by atoms with Gasteiger partial charge in [-0.05, 0) is 38.1 Å². The lowest BCUT2D eigenvalue weighted by Gasteiger charge is -2.14. The molecule has 0 aliphatic rings. The standard InChI is InChI=1S/C19H18N2O7/c1-11(22)13-5-4-6-15(9-13)20-18(23)12(2)28-19(24)14-7-8-17(27-3)16(10-14)21(25)26/h4-10,12H,1-3H3,(H,20,23)/t12-/m0/s1. The van der Waals surface area contributed by atoms with Crippen molar-refractivity contribution in [1.29, 1.82) is 0 Å². The molecule has 1 N–H and O–H groups in total. The third kappa shape index (κ3) is 4.91. The Hall–Kier alpha value is -3.75.